The first-order valence-corrected chi connectivity index (χ1v) is 11.0. The van der Waals surface area contributed by atoms with Crippen LogP contribution >= 0.6 is 0 Å². The zero-order valence-electron chi connectivity index (χ0n) is 17.8. The van der Waals surface area contributed by atoms with Crippen molar-refractivity contribution in [1.82, 2.24) is 19.9 Å². The lowest BCUT2D eigenvalue weighted by Gasteiger charge is -2.24. The minimum Gasteiger partial charge on any atom is -0.507 e. The van der Waals surface area contributed by atoms with E-state index in [2.05, 4.69) is 32.3 Å². The third kappa shape index (κ3) is 4.11. The highest BCUT2D eigenvalue weighted by atomic mass is 16.3. The number of phenols is 2. The summed E-state index contributed by atoms with van der Waals surface area (Å²) in [6.45, 7) is 3.36. The van der Waals surface area contributed by atoms with Gasteiger partial charge in [-0.05, 0) is 55.6 Å². The molecule has 0 amide bonds. The van der Waals surface area contributed by atoms with Gasteiger partial charge in [0.15, 0.2) is 0 Å². The molecule has 0 bridgehead atoms. The summed E-state index contributed by atoms with van der Waals surface area (Å²) in [4.78, 5) is 9.31. The number of piperidine rings is 1. The van der Waals surface area contributed by atoms with Crippen molar-refractivity contribution in [3.63, 3.8) is 0 Å². The SMILES string of the molecule is Oc1cccc(O)c1-c1cc2cnc(NCc3ccccc3)nc2n1C[C@@H]1CCCNC1. The first kappa shape index (κ1) is 20.3. The quantitative estimate of drug-likeness (QED) is 0.368. The predicted molar refractivity (Wildman–Crippen MR) is 126 cm³/mol. The molecule has 4 aromatic rings. The van der Waals surface area contributed by atoms with Crippen molar-refractivity contribution in [1.29, 1.82) is 0 Å². The number of anilines is 1. The van der Waals surface area contributed by atoms with Crippen molar-refractivity contribution >= 4 is 17.0 Å². The van der Waals surface area contributed by atoms with Gasteiger partial charge in [0.1, 0.15) is 17.1 Å². The molecule has 0 radical (unpaired) electrons. The summed E-state index contributed by atoms with van der Waals surface area (Å²) in [5.41, 5.74) is 3.11. The van der Waals surface area contributed by atoms with Gasteiger partial charge in [0.2, 0.25) is 5.95 Å². The van der Waals surface area contributed by atoms with Crippen molar-refractivity contribution < 1.29 is 10.2 Å². The van der Waals surface area contributed by atoms with Gasteiger partial charge < -0.3 is 25.4 Å². The van der Waals surface area contributed by atoms with Crippen LogP contribution in [0.1, 0.15) is 18.4 Å². The molecule has 0 unspecified atom stereocenters. The van der Waals surface area contributed by atoms with E-state index in [-0.39, 0.29) is 11.5 Å². The Kier molecular flexibility index (Phi) is 5.64. The smallest absolute Gasteiger partial charge is 0.224 e. The second-order valence-electron chi connectivity index (χ2n) is 8.34. The monoisotopic (exact) mass is 429 g/mol. The van der Waals surface area contributed by atoms with E-state index in [4.69, 9.17) is 4.98 Å². The van der Waals surface area contributed by atoms with Gasteiger partial charge in [0, 0.05) is 24.7 Å². The first-order valence-electron chi connectivity index (χ1n) is 11.0. The molecule has 7 nitrogen and oxygen atoms in total. The molecule has 1 fully saturated rings. The minimum atomic E-state index is 0.0474. The summed E-state index contributed by atoms with van der Waals surface area (Å²) in [5, 5.41) is 28.7. The summed E-state index contributed by atoms with van der Waals surface area (Å²) in [6.07, 6.45) is 4.06. The second-order valence-corrected chi connectivity index (χ2v) is 8.34. The molecule has 3 heterocycles. The van der Waals surface area contributed by atoms with Gasteiger partial charge in [0.05, 0.1) is 11.3 Å². The summed E-state index contributed by atoms with van der Waals surface area (Å²) in [7, 11) is 0. The van der Waals surface area contributed by atoms with E-state index in [1.54, 1.807) is 24.4 Å². The molecular formula is C25H27N5O2. The van der Waals surface area contributed by atoms with Crippen molar-refractivity contribution in [3.05, 3.63) is 66.4 Å². The minimum absolute atomic E-state index is 0.0474. The maximum atomic E-state index is 10.5. The van der Waals surface area contributed by atoms with Crippen LogP contribution in [0.5, 0.6) is 11.5 Å². The van der Waals surface area contributed by atoms with Gasteiger partial charge in [-0.1, -0.05) is 36.4 Å². The van der Waals surface area contributed by atoms with E-state index >= 15 is 0 Å². The summed E-state index contributed by atoms with van der Waals surface area (Å²) in [5.74, 6) is 1.09. The van der Waals surface area contributed by atoms with Crippen LogP contribution in [0.4, 0.5) is 5.95 Å². The Morgan fingerprint density at radius 1 is 1.06 bits per heavy atom. The summed E-state index contributed by atoms with van der Waals surface area (Å²) >= 11 is 0. The van der Waals surface area contributed by atoms with Gasteiger partial charge in [-0.25, -0.2) is 4.98 Å². The van der Waals surface area contributed by atoms with E-state index in [9.17, 15) is 10.2 Å². The van der Waals surface area contributed by atoms with E-state index in [0.717, 1.165) is 54.8 Å². The highest BCUT2D eigenvalue weighted by molar-refractivity contribution is 5.87. The normalized spacial score (nSPS) is 16.3. The van der Waals surface area contributed by atoms with Gasteiger partial charge in [-0.3, -0.25) is 0 Å². The molecule has 1 saturated heterocycles. The molecule has 0 spiro atoms. The molecule has 5 rings (SSSR count). The zero-order chi connectivity index (χ0) is 21.9. The van der Waals surface area contributed by atoms with Crippen LogP contribution < -0.4 is 10.6 Å². The van der Waals surface area contributed by atoms with Crippen LogP contribution in [0, 0.1) is 5.92 Å². The molecule has 0 saturated carbocycles. The number of fused-ring (bicyclic) bond motifs is 1. The predicted octanol–water partition coefficient (Wildman–Crippen LogP) is 4.12. The maximum absolute atomic E-state index is 10.5. The van der Waals surface area contributed by atoms with E-state index in [1.807, 2.05) is 24.3 Å². The van der Waals surface area contributed by atoms with Crippen molar-refractivity contribution in [2.75, 3.05) is 18.4 Å². The molecular weight excluding hydrogens is 402 g/mol. The Morgan fingerprint density at radius 3 is 2.62 bits per heavy atom. The molecule has 7 heteroatoms. The highest BCUT2D eigenvalue weighted by Gasteiger charge is 2.22. The van der Waals surface area contributed by atoms with Gasteiger partial charge in [-0.2, -0.15) is 4.98 Å². The molecule has 164 valence electrons. The first-order chi connectivity index (χ1) is 15.7. The Labute approximate surface area is 186 Å². The molecule has 2 aromatic carbocycles. The van der Waals surface area contributed by atoms with Crippen molar-refractivity contribution in [3.8, 4) is 22.8 Å². The number of hydrogen-bond acceptors (Lipinski definition) is 6. The third-order valence-corrected chi connectivity index (χ3v) is 6.04. The summed E-state index contributed by atoms with van der Waals surface area (Å²) in [6, 6.07) is 16.9. The molecule has 1 atom stereocenters. The lowest BCUT2D eigenvalue weighted by atomic mass is 9.99. The molecule has 1 aliphatic heterocycles. The van der Waals surface area contributed by atoms with Crippen LogP contribution in [0.25, 0.3) is 22.3 Å². The Morgan fingerprint density at radius 2 is 1.88 bits per heavy atom. The number of hydrogen-bond donors (Lipinski definition) is 4. The molecule has 32 heavy (non-hydrogen) atoms. The largest absolute Gasteiger partial charge is 0.507 e. The van der Waals surface area contributed by atoms with Gasteiger partial charge in [0.25, 0.3) is 0 Å². The van der Waals surface area contributed by atoms with Crippen LogP contribution in [0.2, 0.25) is 0 Å². The van der Waals surface area contributed by atoms with E-state index in [0.29, 0.717) is 24.0 Å². The van der Waals surface area contributed by atoms with Crippen LogP contribution in [-0.2, 0) is 13.1 Å². The van der Waals surface area contributed by atoms with Crippen LogP contribution in [0.3, 0.4) is 0 Å². The number of nitrogens with one attached hydrogen (secondary N) is 2. The average molecular weight is 430 g/mol. The fourth-order valence-electron chi connectivity index (χ4n) is 4.42. The topological polar surface area (TPSA) is 95.2 Å². The number of rotatable bonds is 6. The van der Waals surface area contributed by atoms with Gasteiger partial charge in [-0.15, -0.1) is 0 Å². The second kappa shape index (κ2) is 8.88. The lowest BCUT2D eigenvalue weighted by molar-refractivity contribution is 0.341. The van der Waals surface area contributed by atoms with Crippen LogP contribution in [0.15, 0.2) is 60.8 Å². The number of aromatic hydroxyl groups is 2. The molecule has 4 N–H and O–H groups in total. The fourth-order valence-corrected chi connectivity index (χ4v) is 4.42. The number of benzene rings is 2. The molecule has 0 aliphatic carbocycles. The number of nitrogens with zero attached hydrogens (tertiary/aromatic N) is 3. The van der Waals surface area contributed by atoms with Crippen LogP contribution in [-0.4, -0.2) is 37.8 Å². The highest BCUT2D eigenvalue weighted by Crippen LogP contribution is 2.40. The molecule has 1 aliphatic rings. The number of aromatic nitrogens is 3. The van der Waals surface area contributed by atoms with E-state index < -0.39 is 0 Å². The lowest BCUT2D eigenvalue weighted by Crippen LogP contribution is -2.32. The Balaban J connectivity index is 1.55. The van der Waals surface area contributed by atoms with E-state index in [1.165, 1.54) is 0 Å². The number of phenolic OH excluding ortho intramolecular Hbond substituents is 2. The maximum Gasteiger partial charge on any atom is 0.224 e. The van der Waals surface area contributed by atoms with Crippen molar-refractivity contribution in [2.24, 2.45) is 5.92 Å². The Hall–Kier alpha value is -3.58. The zero-order valence-corrected chi connectivity index (χ0v) is 17.8. The fraction of sp³-hybridized carbons (Fsp3) is 0.280. The van der Waals surface area contributed by atoms with Crippen molar-refractivity contribution in [2.45, 2.75) is 25.9 Å². The summed E-state index contributed by atoms with van der Waals surface area (Å²) < 4.78 is 2.11. The Bertz CT molecular complexity index is 1200. The average Bonchev–Trinajstić information content (AvgIpc) is 3.16. The standard InChI is InChI=1S/C25H27N5O2/c31-21-9-4-10-22(32)23(21)20-12-19-15-28-25(27-14-17-6-2-1-3-7-17)29-24(19)30(20)16-18-8-5-11-26-13-18/h1-4,6-7,9-10,12,15,18,26,31-32H,5,8,11,13-14,16H2,(H,27,28,29)/t18-/m1/s1. The third-order valence-electron chi connectivity index (χ3n) is 6.04. The van der Waals surface area contributed by atoms with Gasteiger partial charge >= 0.3 is 0 Å². The molecule has 2 aromatic heterocycles.